The lowest BCUT2D eigenvalue weighted by molar-refractivity contribution is -0.349. The van der Waals surface area contributed by atoms with Gasteiger partial charge in [0, 0.05) is 48.7 Å². The Morgan fingerprint density at radius 1 is 0.488 bits per heavy atom. The fraction of sp³-hybridized carbons (Fsp3) is 0.443. The van der Waals surface area contributed by atoms with Crippen LogP contribution in [0.25, 0.3) is 0 Å². The van der Waals surface area contributed by atoms with Crippen molar-refractivity contribution in [1.82, 2.24) is 14.7 Å². The predicted octanol–water partition coefficient (Wildman–Crippen LogP) is 3.57. The number of aliphatic imine (C=N–C) groups is 1. The normalized spacial score (nSPS) is 29.1. The van der Waals surface area contributed by atoms with Gasteiger partial charge >= 0.3 is 29.8 Å². The molecule has 25 nitrogen and oxygen atoms in total. The Morgan fingerprint density at radius 3 is 1.34 bits per heavy atom. The average molecular weight is 1190 g/mol. The van der Waals surface area contributed by atoms with Crippen LogP contribution in [0.5, 0.6) is 0 Å². The molecule has 454 valence electrons. The smallest absolute Gasteiger partial charge is 0.303 e. The lowest BCUT2D eigenvalue weighted by Crippen LogP contribution is -2.71. The number of fused-ring (bicyclic) bond motifs is 3. The molecule has 1 saturated carbocycles. The first-order valence-electron chi connectivity index (χ1n) is 27.8. The monoisotopic (exact) mass is 1190 g/mol. The summed E-state index contributed by atoms with van der Waals surface area (Å²) in [5.74, 6) is -9.04. The molecule has 10 rings (SSSR count). The van der Waals surface area contributed by atoms with Gasteiger partial charge in [-0.3, -0.25) is 53.0 Å². The molecule has 15 atom stereocenters. The Labute approximate surface area is 493 Å². The molecule has 0 N–H and O–H groups in total. The Kier molecular flexibility index (Phi) is 18.4. The van der Waals surface area contributed by atoms with Crippen molar-refractivity contribution in [2.45, 2.75) is 133 Å². The van der Waals surface area contributed by atoms with Gasteiger partial charge in [0.2, 0.25) is 0 Å². The molecule has 4 aromatic carbocycles. The minimum atomic E-state index is -2.10. The average Bonchev–Trinajstić information content (AvgIpc) is 1.50. The molecule has 3 fully saturated rings. The van der Waals surface area contributed by atoms with E-state index in [1.54, 1.807) is 31.1 Å². The minimum absolute atomic E-state index is 0.0359. The first kappa shape index (κ1) is 60.7. The molecule has 86 heavy (non-hydrogen) atoms. The largest absolute Gasteiger partial charge is 0.463 e. The van der Waals surface area contributed by atoms with Crippen LogP contribution in [0.4, 0.5) is 0 Å². The van der Waals surface area contributed by atoms with Crippen molar-refractivity contribution in [2.24, 2.45) is 10.9 Å². The third-order valence-electron chi connectivity index (χ3n) is 15.3. The Hall–Kier alpha value is -8.46. The second-order valence-corrected chi connectivity index (χ2v) is 21.5. The van der Waals surface area contributed by atoms with Crippen LogP contribution < -0.4 is 0 Å². The van der Waals surface area contributed by atoms with Crippen LogP contribution in [0.2, 0.25) is 0 Å². The molecular weight excluding hydrogens is 1120 g/mol. The zero-order valence-electron chi connectivity index (χ0n) is 48.0. The fourth-order valence-electron chi connectivity index (χ4n) is 11.7. The Morgan fingerprint density at radius 2 is 0.895 bits per heavy atom. The molecule has 0 bridgehead atoms. The molecule has 0 radical (unpaired) electrons. The number of amidine groups is 1. The lowest BCUT2D eigenvalue weighted by atomic mass is 9.92. The van der Waals surface area contributed by atoms with Gasteiger partial charge in [0.05, 0.1) is 54.1 Å². The number of imide groups is 2. The number of benzene rings is 4. The molecule has 0 aromatic heterocycles. The summed E-state index contributed by atoms with van der Waals surface area (Å²) >= 11 is 0. The molecule has 1 aliphatic carbocycles. The number of ether oxygens (including phenoxy) is 12. The number of hydrogen-bond acceptors (Lipinski definition) is 23. The highest BCUT2D eigenvalue weighted by Crippen LogP contribution is 2.45. The number of amides is 4. The highest BCUT2D eigenvalue weighted by atomic mass is 16.8. The second-order valence-electron chi connectivity index (χ2n) is 21.5. The van der Waals surface area contributed by atoms with Crippen molar-refractivity contribution in [3.8, 4) is 0 Å². The van der Waals surface area contributed by atoms with E-state index in [9.17, 15) is 33.6 Å². The molecule has 2 saturated heterocycles. The van der Waals surface area contributed by atoms with E-state index in [2.05, 4.69) is 0 Å². The third kappa shape index (κ3) is 12.6. The topological polar surface area (TPSA) is 286 Å². The molecular formula is C61H64N4O21. The maximum absolute atomic E-state index is 15.1. The second kappa shape index (κ2) is 26.0. The standard InChI is InChI=1S/C61H64N4O21/c1-31(66)76-29-43-50(79-33(3)68)53(80-34(4)69)46(64-55(71)38-22-14-15-23-39(38)56(64)72)60(82-43)85-51-44(30-77-32(2)67)83-59(47(54(51)81-35(5)70)65-57(73)40-24-16-17-25-41(40)58(65)74)84-49-42(28-75-26-36-18-10-8-11-19-36)48-45(62-61(86-48)63(6)7)52(49)78-27-37-20-12-9-13-21-37/h8-25,42-54,59-60H,26-30H2,1-7H3/t42-,43+,44+,45-,46+,47+,48-,49+,50+,51+,52+,53-,54-,59-,60-/m0/s1. The van der Waals surface area contributed by atoms with Crippen LogP contribution in [-0.4, -0.2) is 194 Å². The van der Waals surface area contributed by atoms with Crippen LogP contribution in [0.15, 0.2) is 114 Å². The summed E-state index contributed by atoms with van der Waals surface area (Å²) in [6.45, 7) is 3.96. The van der Waals surface area contributed by atoms with Crippen LogP contribution in [0.3, 0.4) is 0 Å². The van der Waals surface area contributed by atoms with E-state index in [-0.39, 0.29) is 42.1 Å². The van der Waals surface area contributed by atoms with Gasteiger partial charge in [-0.1, -0.05) is 84.9 Å². The van der Waals surface area contributed by atoms with Gasteiger partial charge in [-0.2, -0.15) is 0 Å². The van der Waals surface area contributed by atoms with Crippen LogP contribution in [0, 0.1) is 5.92 Å². The fourth-order valence-corrected chi connectivity index (χ4v) is 11.7. The van der Waals surface area contributed by atoms with Crippen LogP contribution in [0.1, 0.15) is 87.2 Å². The number of rotatable bonds is 20. The van der Waals surface area contributed by atoms with Gasteiger partial charge in [0.25, 0.3) is 29.7 Å². The summed E-state index contributed by atoms with van der Waals surface area (Å²) in [6, 6.07) is 26.1. The summed E-state index contributed by atoms with van der Waals surface area (Å²) in [4.78, 5) is 133. The molecule has 6 aliphatic rings. The van der Waals surface area contributed by atoms with E-state index in [0.717, 1.165) is 50.6 Å². The van der Waals surface area contributed by atoms with Crippen molar-refractivity contribution in [3.63, 3.8) is 0 Å². The molecule has 0 spiro atoms. The SMILES string of the molecule is CC(=O)OC[C@H]1O[C@@H](O[C@H]2[C@@H](OC(C)=O)[C@@H](N3C(=O)c4ccccc4C3=O)[C@H](O[C@@H]3[C@@H](COCc4ccccc4)[C@@H]4OC(N(C)C)=N[C@@H]4[C@H]3OCc3ccccc3)O[C@@H]2COC(C)=O)[C@H](N2C(=O)c3ccccc3C2=O)[C@H](OC(C)=O)[C@@H]1OC(C)=O. The number of carbonyl (C=O) groups excluding carboxylic acids is 9. The zero-order chi connectivity index (χ0) is 61.1. The third-order valence-corrected chi connectivity index (χ3v) is 15.3. The van der Waals surface area contributed by atoms with Gasteiger partial charge in [-0.05, 0) is 35.4 Å². The molecule has 4 aromatic rings. The van der Waals surface area contributed by atoms with E-state index in [0.29, 0.717) is 10.9 Å². The van der Waals surface area contributed by atoms with Crippen LogP contribution in [-0.2, 0) is 94.0 Å². The quantitative estimate of drug-likeness (QED) is 0.0694. The molecule has 25 heteroatoms. The molecule has 5 aliphatic heterocycles. The minimum Gasteiger partial charge on any atom is -0.463 e. The predicted molar refractivity (Wildman–Crippen MR) is 293 cm³/mol. The van der Waals surface area contributed by atoms with Crippen molar-refractivity contribution in [2.75, 3.05) is 33.9 Å². The highest BCUT2D eigenvalue weighted by Gasteiger charge is 2.64. The van der Waals surface area contributed by atoms with Gasteiger partial charge in [0.15, 0.2) is 30.9 Å². The highest BCUT2D eigenvalue weighted by molar-refractivity contribution is 6.22. The van der Waals surface area contributed by atoms with E-state index >= 15 is 9.59 Å². The Balaban J connectivity index is 1.12. The number of nitrogens with zero attached hydrogens (tertiary/aromatic N) is 4. The number of carbonyl (C=O) groups is 9. The van der Waals surface area contributed by atoms with Crippen LogP contribution >= 0.6 is 0 Å². The van der Waals surface area contributed by atoms with Gasteiger partial charge in [-0.15, -0.1) is 0 Å². The van der Waals surface area contributed by atoms with E-state index in [1.807, 2.05) is 60.7 Å². The summed E-state index contributed by atoms with van der Waals surface area (Å²) < 4.78 is 76.5. The molecule has 4 amide bonds. The number of esters is 5. The van der Waals surface area contributed by atoms with E-state index in [1.165, 1.54) is 36.4 Å². The number of hydrogen-bond donors (Lipinski definition) is 0. The molecule has 0 unspecified atom stereocenters. The van der Waals surface area contributed by atoms with E-state index < -0.39 is 158 Å². The maximum Gasteiger partial charge on any atom is 0.303 e. The first-order chi connectivity index (χ1) is 41.3. The molecule has 5 heterocycles. The maximum atomic E-state index is 15.1. The summed E-state index contributed by atoms with van der Waals surface area (Å²) in [6.07, 6.45) is -17.7. The van der Waals surface area contributed by atoms with Crippen molar-refractivity contribution < 1.29 is 100.0 Å². The summed E-state index contributed by atoms with van der Waals surface area (Å²) in [7, 11) is 3.53. The van der Waals surface area contributed by atoms with E-state index in [4.69, 9.17) is 61.8 Å². The van der Waals surface area contributed by atoms with Crippen molar-refractivity contribution in [1.29, 1.82) is 0 Å². The van der Waals surface area contributed by atoms with Crippen molar-refractivity contribution >= 4 is 59.5 Å². The van der Waals surface area contributed by atoms with Gasteiger partial charge < -0.3 is 61.7 Å². The Bertz CT molecular complexity index is 3200. The van der Waals surface area contributed by atoms with Gasteiger partial charge in [0.1, 0.15) is 61.9 Å². The summed E-state index contributed by atoms with van der Waals surface area (Å²) in [5, 5.41) is 0. The first-order valence-corrected chi connectivity index (χ1v) is 27.8. The van der Waals surface area contributed by atoms with Crippen molar-refractivity contribution in [3.05, 3.63) is 143 Å². The lowest BCUT2D eigenvalue weighted by Gasteiger charge is -2.51. The summed E-state index contributed by atoms with van der Waals surface area (Å²) in [5.41, 5.74) is 1.38. The van der Waals surface area contributed by atoms with Gasteiger partial charge in [-0.25, -0.2) is 4.99 Å². The zero-order valence-corrected chi connectivity index (χ0v) is 48.0.